The molecule has 0 bridgehead atoms. The zero-order valence-electron chi connectivity index (χ0n) is 23.1. The lowest BCUT2D eigenvalue weighted by Gasteiger charge is -2.17. The van der Waals surface area contributed by atoms with Gasteiger partial charge in [-0.15, -0.1) is 0 Å². The van der Waals surface area contributed by atoms with Crippen LogP contribution in [0.5, 0.6) is 0 Å². The molecule has 0 atom stereocenters. The van der Waals surface area contributed by atoms with Crippen molar-refractivity contribution in [2.45, 2.75) is 6.92 Å². The molecule has 0 spiro atoms. The summed E-state index contributed by atoms with van der Waals surface area (Å²) in [6, 6.07) is 42.9. The van der Waals surface area contributed by atoms with Gasteiger partial charge >= 0.3 is 0 Å². The van der Waals surface area contributed by atoms with Crippen LogP contribution in [0.2, 0.25) is 0 Å². The quantitative estimate of drug-likeness (QED) is 0.202. The number of pyridine rings is 1. The van der Waals surface area contributed by atoms with E-state index >= 15 is 0 Å². The Morgan fingerprint density at radius 2 is 1.10 bits per heavy atom. The molecule has 0 unspecified atom stereocenters. The Balaban J connectivity index is 1.48. The Morgan fingerprint density at radius 3 is 1.79 bits per heavy atom. The first-order valence-electron chi connectivity index (χ1n) is 14.3. The lowest BCUT2D eigenvalue weighted by atomic mass is 9.87. The molecule has 7 aromatic carbocycles. The van der Waals surface area contributed by atoms with Gasteiger partial charge in [-0.2, -0.15) is 0 Å². The Bertz CT molecular complexity index is 2670. The zero-order chi connectivity index (χ0) is 28.1. The second kappa shape index (κ2) is 8.28. The predicted octanol–water partition coefficient (Wildman–Crippen LogP) is 10.4. The summed E-state index contributed by atoms with van der Waals surface area (Å²) >= 11 is 0. The number of nitrogens with zero attached hydrogens (tertiary/aromatic N) is 1. The number of allylic oxidation sites excluding steroid dienone is 1. The first-order valence-corrected chi connectivity index (χ1v) is 14.3. The van der Waals surface area contributed by atoms with E-state index in [1.54, 1.807) is 0 Å². The van der Waals surface area contributed by atoms with Crippen molar-refractivity contribution in [1.82, 2.24) is 4.40 Å². The molecule has 0 radical (unpaired) electrons. The highest BCUT2D eigenvalue weighted by Gasteiger charge is 2.19. The van der Waals surface area contributed by atoms with Crippen LogP contribution in [0.3, 0.4) is 0 Å². The van der Waals surface area contributed by atoms with Gasteiger partial charge in [-0.1, -0.05) is 109 Å². The minimum Gasteiger partial charge on any atom is -0.275 e. The molecule has 9 aromatic rings. The number of hydrogen-bond donors (Lipinski definition) is 0. The number of hydrogen-bond acceptors (Lipinski definition) is 1. The summed E-state index contributed by atoms with van der Waals surface area (Å²) in [6.07, 6.45) is 0. The van der Waals surface area contributed by atoms with Crippen LogP contribution in [-0.4, -0.2) is 4.40 Å². The molecule has 0 aliphatic rings. The smallest absolute Gasteiger partial charge is 0.263 e. The van der Waals surface area contributed by atoms with Crippen LogP contribution in [0.25, 0.3) is 87.0 Å². The minimum atomic E-state index is 0.0263. The highest BCUT2D eigenvalue weighted by Crippen LogP contribution is 2.43. The van der Waals surface area contributed by atoms with Gasteiger partial charge in [0.15, 0.2) is 0 Å². The first-order chi connectivity index (χ1) is 20.6. The van der Waals surface area contributed by atoms with E-state index in [0.717, 1.165) is 60.2 Å². The Labute approximate surface area is 241 Å². The maximum Gasteiger partial charge on any atom is 0.263 e. The van der Waals surface area contributed by atoms with E-state index < -0.39 is 0 Å². The van der Waals surface area contributed by atoms with Crippen LogP contribution in [-0.2, 0) is 0 Å². The SMILES string of the molecule is C=C(C)c1cc(-c2ccc3c4cccc5c6ccccc6c(=O)n(c3c2)c54)c2c3ccccc3c3ccccc3c2c1. The lowest BCUT2D eigenvalue weighted by Crippen LogP contribution is -2.12. The molecule has 0 amide bonds. The van der Waals surface area contributed by atoms with Crippen molar-refractivity contribution in [3.05, 3.63) is 144 Å². The fourth-order valence-electron chi connectivity index (χ4n) is 7.19. The highest BCUT2D eigenvalue weighted by molar-refractivity contribution is 6.29. The molecule has 0 N–H and O–H groups in total. The number of aromatic nitrogens is 1. The summed E-state index contributed by atoms with van der Waals surface area (Å²) in [6.45, 7) is 6.38. The van der Waals surface area contributed by atoms with Gasteiger partial charge in [0.2, 0.25) is 0 Å². The van der Waals surface area contributed by atoms with Gasteiger partial charge in [0, 0.05) is 21.5 Å². The summed E-state index contributed by atoms with van der Waals surface area (Å²) in [4.78, 5) is 14.0. The summed E-state index contributed by atoms with van der Waals surface area (Å²) in [5, 5.41) is 12.4. The number of fused-ring (bicyclic) bond motifs is 11. The summed E-state index contributed by atoms with van der Waals surface area (Å²) in [5.74, 6) is 0. The highest BCUT2D eigenvalue weighted by atomic mass is 16.1. The van der Waals surface area contributed by atoms with Crippen molar-refractivity contribution in [2.24, 2.45) is 0 Å². The number of benzene rings is 7. The molecule has 0 fully saturated rings. The zero-order valence-corrected chi connectivity index (χ0v) is 23.1. The third-order valence-corrected chi connectivity index (χ3v) is 9.09. The summed E-state index contributed by atoms with van der Waals surface area (Å²) < 4.78 is 1.93. The van der Waals surface area contributed by atoms with Gasteiger partial charge in [-0.25, -0.2) is 0 Å². The van der Waals surface area contributed by atoms with E-state index in [4.69, 9.17) is 0 Å². The summed E-state index contributed by atoms with van der Waals surface area (Å²) in [5.41, 5.74) is 6.33. The summed E-state index contributed by atoms with van der Waals surface area (Å²) in [7, 11) is 0. The van der Waals surface area contributed by atoms with Crippen molar-refractivity contribution in [3.63, 3.8) is 0 Å². The van der Waals surface area contributed by atoms with E-state index in [-0.39, 0.29) is 5.56 Å². The fourth-order valence-corrected chi connectivity index (χ4v) is 7.19. The maximum atomic E-state index is 14.0. The maximum absolute atomic E-state index is 14.0. The van der Waals surface area contributed by atoms with Crippen LogP contribution < -0.4 is 5.56 Å². The van der Waals surface area contributed by atoms with Gasteiger partial charge in [-0.05, 0) is 85.6 Å². The van der Waals surface area contributed by atoms with Crippen molar-refractivity contribution in [1.29, 1.82) is 0 Å². The molecule has 0 aliphatic carbocycles. The van der Waals surface area contributed by atoms with Crippen molar-refractivity contribution >= 4 is 75.9 Å². The topological polar surface area (TPSA) is 21.5 Å². The third-order valence-electron chi connectivity index (χ3n) is 9.09. The molecule has 2 aromatic heterocycles. The average molecular weight is 536 g/mol. The average Bonchev–Trinajstić information content (AvgIpc) is 3.37. The van der Waals surface area contributed by atoms with Crippen LogP contribution >= 0.6 is 0 Å². The van der Waals surface area contributed by atoms with Crippen LogP contribution in [0.1, 0.15) is 12.5 Å². The van der Waals surface area contributed by atoms with Gasteiger partial charge in [0.1, 0.15) is 0 Å². The van der Waals surface area contributed by atoms with E-state index in [1.807, 2.05) is 22.6 Å². The standard InChI is InChI=1S/C40H25NO/c1-23(2)25-20-35(38-31-14-7-5-11-27(31)26-10-3-4-12-28(26)36(38)21-25)24-18-19-30-33-17-9-16-32-29-13-6-8-15-34(29)40(42)41(39(32)33)37(30)22-24/h3-22H,1H2,2H3. The fraction of sp³-hybridized carbons (Fsp3) is 0.0250. The van der Waals surface area contributed by atoms with Crippen molar-refractivity contribution in [3.8, 4) is 11.1 Å². The van der Waals surface area contributed by atoms with Crippen LogP contribution in [0.15, 0.2) is 133 Å². The molecule has 2 heterocycles. The van der Waals surface area contributed by atoms with E-state index in [1.165, 1.54) is 32.3 Å². The first kappa shape index (κ1) is 23.3. The van der Waals surface area contributed by atoms with E-state index in [2.05, 4.69) is 117 Å². The van der Waals surface area contributed by atoms with Crippen LogP contribution in [0, 0.1) is 0 Å². The Kier molecular flexibility index (Phi) is 4.58. The molecule has 196 valence electrons. The van der Waals surface area contributed by atoms with E-state index in [9.17, 15) is 4.79 Å². The largest absolute Gasteiger partial charge is 0.275 e. The molecular formula is C40H25NO. The monoisotopic (exact) mass is 535 g/mol. The predicted molar refractivity (Wildman–Crippen MR) is 180 cm³/mol. The number of rotatable bonds is 2. The van der Waals surface area contributed by atoms with Gasteiger partial charge in [0.25, 0.3) is 5.56 Å². The minimum absolute atomic E-state index is 0.0263. The molecular weight excluding hydrogens is 510 g/mol. The molecule has 42 heavy (non-hydrogen) atoms. The molecule has 2 heteroatoms. The molecule has 9 rings (SSSR count). The van der Waals surface area contributed by atoms with Gasteiger partial charge in [-0.3, -0.25) is 9.20 Å². The Morgan fingerprint density at radius 1 is 0.548 bits per heavy atom. The second-order valence-corrected chi connectivity index (χ2v) is 11.4. The molecule has 2 nitrogen and oxygen atoms in total. The van der Waals surface area contributed by atoms with Gasteiger partial charge in [0.05, 0.1) is 11.0 Å². The molecule has 0 saturated heterocycles. The third kappa shape index (κ3) is 2.96. The van der Waals surface area contributed by atoms with Crippen molar-refractivity contribution in [2.75, 3.05) is 0 Å². The Hall–Kier alpha value is -5.47. The second-order valence-electron chi connectivity index (χ2n) is 11.4. The van der Waals surface area contributed by atoms with Crippen molar-refractivity contribution < 1.29 is 0 Å². The van der Waals surface area contributed by atoms with Crippen LogP contribution in [0.4, 0.5) is 0 Å². The lowest BCUT2D eigenvalue weighted by molar-refractivity contribution is 1.21. The van der Waals surface area contributed by atoms with E-state index in [0.29, 0.717) is 0 Å². The molecule has 0 saturated carbocycles. The molecule has 0 aliphatic heterocycles. The van der Waals surface area contributed by atoms with Gasteiger partial charge < -0.3 is 0 Å². The normalized spacial score (nSPS) is 12.1. The number of para-hydroxylation sites is 1.